The molecule has 0 unspecified atom stereocenters. The monoisotopic (exact) mass is 532 g/mol. The number of likely N-dealkylation sites (tertiary alicyclic amines) is 1. The number of alkyl carbamates (subject to hydrolysis) is 1. The number of ether oxygens (including phenoxy) is 3. The molecule has 0 bridgehead atoms. The van der Waals surface area contributed by atoms with Crippen LogP contribution in [0, 0.1) is 12.8 Å². The average Bonchev–Trinajstić information content (AvgIpc) is 3.61. The summed E-state index contributed by atoms with van der Waals surface area (Å²) < 4.78 is 40.8. The summed E-state index contributed by atoms with van der Waals surface area (Å²) in [6, 6.07) is 7.18. The fourth-order valence-electron chi connectivity index (χ4n) is 4.31. The smallest absolute Gasteiger partial charge is 0.415 e. The SMILES string of the molecule is CC(=O)N1C[C@@H](Nc2ccc(OC(F)F)c(OCC3CC3)c2)C[C@@H]1CNC(=O)OC(=O)c1cccnc1C. The van der Waals surface area contributed by atoms with Crippen LogP contribution in [0.3, 0.4) is 0 Å². The highest BCUT2D eigenvalue weighted by atomic mass is 19.3. The lowest BCUT2D eigenvalue weighted by atomic mass is 10.1. The van der Waals surface area contributed by atoms with Gasteiger partial charge in [0, 0.05) is 44.0 Å². The fraction of sp³-hybridized carbons (Fsp3) is 0.462. The number of alkyl halides is 2. The Morgan fingerprint density at radius 1 is 1.18 bits per heavy atom. The Balaban J connectivity index is 1.34. The minimum absolute atomic E-state index is 0.0420. The number of halogens is 2. The van der Waals surface area contributed by atoms with Gasteiger partial charge in [0.1, 0.15) is 0 Å². The van der Waals surface area contributed by atoms with E-state index in [1.807, 2.05) is 0 Å². The van der Waals surface area contributed by atoms with E-state index in [0.717, 1.165) is 12.8 Å². The number of benzene rings is 1. The lowest BCUT2D eigenvalue weighted by Crippen LogP contribution is -2.42. The molecule has 1 aliphatic heterocycles. The summed E-state index contributed by atoms with van der Waals surface area (Å²) >= 11 is 0. The Kier molecular flexibility index (Phi) is 8.59. The van der Waals surface area contributed by atoms with E-state index in [0.29, 0.717) is 36.9 Å². The Morgan fingerprint density at radius 2 is 1.97 bits per heavy atom. The molecule has 2 N–H and O–H groups in total. The Labute approximate surface area is 218 Å². The second-order valence-corrected chi connectivity index (χ2v) is 9.39. The van der Waals surface area contributed by atoms with Gasteiger partial charge in [-0.15, -0.1) is 0 Å². The van der Waals surface area contributed by atoms with Crippen molar-refractivity contribution >= 4 is 23.7 Å². The first-order valence-electron chi connectivity index (χ1n) is 12.4. The number of aryl methyl sites for hydroxylation is 1. The zero-order chi connectivity index (χ0) is 27.2. The predicted octanol–water partition coefficient (Wildman–Crippen LogP) is 3.75. The number of nitrogens with one attached hydrogen (secondary N) is 2. The largest absolute Gasteiger partial charge is 0.489 e. The lowest BCUT2D eigenvalue weighted by Gasteiger charge is -2.23. The summed E-state index contributed by atoms with van der Waals surface area (Å²) in [7, 11) is 0. The van der Waals surface area contributed by atoms with E-state index in [9.17, 15) is 23.2 Å². The van der Waals surface area contributed by atoms with Gasteiger partial charge >= 0.3 is 18.7 Å². The molecule has 1 aliphatic carbocycles. The van der Waals surface area contributed by atoms with E-state index in [4.69, 9.17) is 9.47 Å². The van der Waals surface area contributed by atoms with E-state index in [2.05, 4.69) is 20.4 Å². The molecule has 2 aliphatic rings. The summed E-state index contributed by atoms with van der Waals surface area (Å²) in [6.45, 7) is 0.955. The Morgan fingerprint density at radius 3 is 2.66 bits per heavy atom. The van der Waals surface area contributed by atoms with Gasteiger partial charge in [0.2, 0.25) is 5.91 Å². The normalized spacial score (nSPS) is 18.7. The second kappa shape index (κ2) is 12.1. The third-order valence-electron chi connectivity index (χ3n) is 6.42. The third-order valence-corrected chi connectivity index (χ3v) is 6.42. The molecule has 10 nitrogen and oxygen atoms in total. The molecular weight excluding hydrogens is 502 g/mol. The molecule has 0 spiro atoms. The number of hydrogen-bond acceptors (Lipinski definition) is 8. The van der Waals surface area contributed by atoms with Gasteiger partial charge in [-0.1, -0.05) is 0 Å². The highest BCUT2D eigenvalue weighted by Gasteiger charge is 2.34. The van der Waals surface area contributed by atoms with Gasteiger partial charge in [-0.3, -0.25) is 9.78 Å². The first kappa shape index (κ1) is 27.1. The standard InChI is InChI=1S/C26H30F2N4O6/c1-15-21(4-3-9-29-15)24(34)38-26(35)30-12-20-10-19(13-32(20)16(2)33)31-18-7-8-22(37-25(27)28)23(11-18)36-14-17-5-6-17/h3-4,7-9,11,17,19-20,25,31H,5-6,10,12-14H2,1-2H3,(H,30,35)/t19-,20+/m0/s1. The van der Waals surface area contributed by atoms with Crippen LogP contribution in [0.2, 0.25) is 0 Å². The maximum absolute atomic E-state index is 12.8. The number of carbonyl (C=O) groups is 3. The maximum atomic E-state index is 12.8. The zero-order valence-electron chi connectivity index (χ0n) is 21.1. The molecule has 1 aromatic heterocycles. The van der Waals surface area contributed by atoms with Crippen LogP contribution in [0.25, 0.3) is 0 Å². The number of carbonyl (C=O) groups excluding carboxylic acids is 3. The van der Waals surface area contributed by atoms with Crippen molar-refractivity contribution in [2.75, 3.05) is 25.0 Å². The van der Waals surface area contributed by atoms with Crippen LogP contribution in [-0.4, -0.2) is 66.2 Å². The first-order valence-corrected chi connectivity index (χ1v) is 12.4. The van der Waals surface area contributed by atoms with Gasteiger partial charge < -0.3 is 29.7 Å². The van der Waals surface area contributed by atoms with Crippen LogP contribution >= 0.6 is 0 Å². The molecule has 204 valence electrons. The van der Waals surface area contributed by atoms with Crippen LogP contribution in [0.15, 0.2) is 36.5 Å². The summed E-state index contributed by atoms with van der Waals surface area (Å²) in [6.07, 6.45) is 3.19. The van der Waals surface area contributed by atoms with Crippen LogP contribution in [0.1, 0.15) is 42.2 Å². The predicted molar refractivity (Wildman–Crippen MR) is 132 cm³/mol. The van der Waals surface area contributed by atoms with Crippen molar-refractivity contribution in [2.24, 2.45) is 5.92 Å². The van der Waals surface area contributed by atoms with Crippen molar-refractivity contribution in [1.82, 2.24) is 15.2 Å². The molecule has 0 radical (unpaired) electrons. The zero-order valence-corrected chi connectivity index (χ0v) is 21.1. The van der Waals surface area contributed by atoms with Crippen LogP contribution in [0.5, 0.6) is 11.5 Å². The maximum Gasteiger partial charge on any atom is 0.415 e. The van der Waals surface area contributed by atoms with Gasteiger partial charge in [0.15, 0.2) is 11.5 Å². The summed E-state index contributed by atoms with van der Waals surface area (Å²) in [5.74, 6) is -0.390. The molecule has 12 heteroatoms. The second-order valence-electron chi connectivity index (χ2n) is 9.39. The molecule has 1 aromatic carbocycles. The summed E-state index contributed by atoms with van der Waals surface area (Å²) in [4.78, 5) is 42.3. The molecule has 38 heavy (non-hydrogen) atoms. The number of rotatable bonds is 10. The number of hydrogen-bond donors (Lipinski definition) is 2. The van der Waals surface area contributed by atoms with Gasteiger partial charge in [-0.05, 0) is 56.4 Å². The molecule has 2 heterocycles. The highest BCUT2D eigenvalue weighted by molar-refractivity contribution is 5.97. The van der Waals surface area contributed by atoms with Crippen LogP contribution in [0.4, 0.5) is 19.3 Å². The molecule has 1 saturated carbocycles. The van der Waals surface area contributed by atoms with E-state index in [1.165, 1.54) is 25.3 Å². The highest BCUT2D eigenvalue weighted by Crippen LogP contribution is 2.36. The number of aromatic nitrogens is 1. The first-order chi connectivity index (χ1) is 18.2. The fourth-order valence-corrected chi connectivity index (χ4v) is 4.31. The van der Waals surface area contributed by atoms with Crippen LogP contribution in [-0.2, 0) is 9.53 Å². The molecule has 2 fully saturated rings. The van der Waals surface area contributed by atoms with E-state index in [-0.39, 0.29) is 41.6 Å². The Bertz CT molecular complexity index is 1180. The average molecular weight is 533 g/mol. The minimum Gasteiger partial charge on any atom is -0.489 e. The number of esters is 1. The van der Waals surface area contributed by atoms with Crippen molar-refractivity contribution in [3.8, 4) is 11.5 Å². The van der Waals surface area contributed by atoms with Crippen molar-refractivity contribution in [2.45, 2.75) is 51.8 Å². The summed E-state index contributed by atoms with van der Waals surface area (Å²) in [5.41, 5.74) is 1.24. The van der Waals surface area contributed by atoms with Crippen molar-refractivity contribution in [3.63, 3.8) is 0 Å². The van der Waals surface area contributed by atoms with Crippen LogP contribution < -0.4 is 20.1 Å². The number of amides is 2. The lowest BCUT2D eigenvalue weighted by molar-refractivity contribution is -0.129. The topological polar surface area (TPSA) is 119 Å². The van der Waals surface area contributed by atoms with Gasteiger partial charge in [-0.2, -0.15) is 8.78 Å². The third kappa shape index (κ3) is 7.30. The van der Waals surface area contributed by atoms with Crippen molar-refractivity contribution < 1.29 is 37.4 Å². The molecule has 4 rings (SSSR count). The van der Waals surface area contributed by atoms with Crippen molar-refractivity contribution in [1.29, 1.82) is 0 Å². The number of nitrogens with zero attached hydrogens (tertiary/aromatic N) is 2. The molecule has 1 saturated heterocycles. The van der Waals surface area contributed by atoms with E-state index in [1.54, 1.807) is 30.0 Å². The van der Waals surface area contributed by atoms with Gasteiger partial charge in [0.25, 0.3) is 0 Å². The van der Waals surface area contributed by atoms with Gasteiger partial charge in [-0.25, -0.2) is 9.59 Å². The molecule has 2 aromatic rings. The Hall–Kier alpha value is -3.96. The van der Waals surface area contributed by atoms with Gasteiger partial charge in [0.05, 0.1) is 23.9 Å². The summed E-state index contributed by atoms with van der Waals surface area (Å²) in [5, 5.41) is 5.86. The van der Waals surface area contributed by atoms with E-state index >= 15 is 0 Å². The molecular formula is C26H30F2N4O6. The quantitative estimate of drug-likeness (QED) is 0.351. The van der Waals surface area contributed by atoms with E-state index < -0.39 is 18.7 Å². The molecule has 2 atom stereocenters. The number of pyridine rings is 1. The van der Waals surface area contributed by atoms with Crippen molar-refractivity contribution in [3.05, 3.63) is 47.8 Å². The number of anilines is 1. The molecule has 2 amide bonds. The minimum atomic E-state index is -2.97.